The molecule has 2 aromatic rings. The minimum Gasteiger partial charge on any atom is -0.350 e. The first-order valence-electron chi connectivity index (χ1n) is 5.68. The molecule has 20 heavy (non-hydrogen) atoms. The van der Waals surface area contributed by atoms with Crippen LogP contribution in [0.3, 0.4) is 0 Å². The van der Waals surface area contributed by atoms with Gasteiger partial charge in [0.05, 0.1) is 12.0 Å². The summed E-state index contributed by atoms with van der Waals surface area (Å²) in [5, 5.41) is 2.83. The Hall–Kier alpha value is -1.63. The van der Waals surface area contributed by atoms with Crippen LogP contribution in [-0.4, -0.2) is 27.0 Å². The lowest BCUT2D eigenvalue weighted by Gasteiger charge is -2.06. The number of nitrogens with two attached hydrogens (primary N) is 1. The Morgan fingerprint density at radius 2 is 2.15 bits per heavy atom. The standard InChI is InChI=1S/C12H15N5O.2ClH/c13-8-11-7-10(1-2-15-11)12(18)16-4-6-17-5-3-14-9-17;;/h1-3,5,7,9H,4,6,8,13H2,(H,16,18);2*1H. The molecule has 0 unspecified atom stereocenters. The van der Waals surface area contributed by atoms with Crippen LogP contribution in [0.1, 0.15) is 16.1 Å². The molecular weight excluding hydrogens is 301 g/mol. The van der Waals surface area contributed by atoms with Crippen molar-refractivity contribution in [2.75, 3.05) is 6.54 Å². The van der Waals surface area contributed by atoms with Crippen LogP contribution in [0.25, 0.3) is 0 Å². The second kappa shape index (κ2) is 9.30. The maximum Gasteiger partial charge on any atom is 0.251 e. The summed E-state index contributed by atoms with van der Waals surface area (Å²) >= 11 is 0. The molecule has 6 nitrogen and oxygen atoms in total. The largest absolute Gasteiger partial charge is 0.350 e. The Balaban J connectivity index is 0.00000180. The van der Waals surface area contributed by atoms with E-state index in [1.165, 1.54) is 0 Å². The van der Waals surface area contributed by atoms with Crippen LogP contribution in [0.2, 0.25) is 0 Å². The average Bonchev–Trinajstić information content (AvgIpc) is 2.92. The normalized spacial score (nSPS) is 9.25. The average molecular weight is 318 g/mol. The zero-order valence-electron chi connectivity index (χ0n) is 10.7. The van der Waals surface area contributed by atoms with Gasteiger partial charge in [0.25, 0.3) is 5.91 Å². The molecule has 2 aromatic heterocycles. The van der Waals surface area contributed by atoms with Crippen LogP contribution >= 0.6 is 24.8 Å². The molecule has 0 spiro atoms. The maximum absolute atomic E-state index is 11.8. The molecule has 8 heteroatoms. The van der Waals surface area contributed by atoms with Gasteiger partial charge in [-0.2, -0.15) is 0 Å². The van der Waals surface area contributed by atoms with Crippen molar-refractivity contribution in [3.63, 3.8) is 0 Å². The summed E-state index contributed by atoms with van der Waals surface area (Å²) in [6.07, 6.45) is 6.86. The topological polar surface area (TPSA) is 85.8 Å². The van der Waals surface area contributed by atoms with E-state index < -0.39 is 0 Å². The molecular formula is C12H17Cl2N5O. The Morgan fingerprint density at radius 1 is 1.35 bits per heavy atom. The van der Waals surface area contributed by atoms with Gasteiger partial charge in [-0.15, -0.1) is 24.8 Å². The zero-order valence-corrected chi connectivity index (χ0v) is 12.4. The molecule has 0 aliphatic heterocycles. The van der Waals surface area contributed by atoms with Crippen molar-refractivity contribution in [2.45, 2.75) is 13.1 Å². The molecule has 0 atom stereocenters. The van der Waals surface area contributed by atoms with Crippen LogP contribution < -0.4 is 11.1 Å². The van der Waals surface area contributed by atoms with Crippen molar-refractivity contribution >= 4 is 30.7 Å². The first kappa shape index (κ1) is 18.4. The Bertz CT molecular complexity index is 518. The number of halogens is 2. The van der Waals surface area contributed by atoms with Gasteiger partial charge in [-0.05, 0) is 12.1 Å². The molecule has 0 radical (unpaired) electrons. The molecule has 1 amide bonds. The third-order valence-corrected chi connectivity index (χ3v) is 2.50. The van der Waals surface area contributed by atoms with Crippen molar-refractivity contribution in [3.05, 3.63) is 48.3 Å². The van der Waals surface area contributed by atoms with Crippen LogP contribution in [0.4, 0.5) is 0 Å². The van der Waals surface area contributed by atoms with Gasteiger partial charge in [0.2, 0.25) is 0 Å². The van der Waals surface area contributed by atoms with Gasteiger partial charge >= 0.3 is 0 Å². The van der Waals surface area contributed by atoms with E-state index in [0.29, 0.717) is 30.9 Å². The molecule has 2 heterocycles. The number of hydrogen-bond acceptors (Lipinski definition) is 4. The number of amides is 1. The van der Waals surface area contributed by atoms with Gasteiger partial charge < -0.3 is 15.6 Å². The summed E-state index contributed by atoms with van der Waals surface area (Å²) in [4.78, 5) is 19.8. The van der Waals surface area contributed by atoms with Crippen molar-refractivity contribution in [1.82, 2.24) is 19.9 Å². The highest BCUT2D eigenvalue weighted by Crippen LogP contribution is 2.01. The molecule has 0 aromatic carbocycles. The summed E-state index contributed by atoms with van der Waals surface area (Å²) in [6, 6.07) is 3.37. The number of nitrogens with zero attached hydrogens (tertiary/aromatic N) is 3. The SMILES string of the molecule is Cl.Cl.NCc1cc(C(=O)NCCn2ccnc2)ccn1. The number of aromatic nitrogens is 3. The molecule has 0 saturated heterocycles. The second-order valence-electron chi connectivity index (χ2n) is 3.80. The number of nitrogens with one attached hydrogen (secondary N) is 1. The third-order valence-electron chi connectivity index (χ3n) is 2.50. The Morgan fingerprint density at radius 3 is 2.80 bits per heavy atom. The molecule has 110 valence electrons. The fraction of sp³-hybridized carbons (Fsp3) is 0.250. The van der Waals surface area contributed by atoms with Crippen molar-refractivity contribution in [2.24, 2.45) is 5.73 Å². The van der Waals surface area contributed by atoms with E-state index in [-0.39, 0.29) is 30.7 Å². The highest BCUT2D eigenvalue weighted by molar-refractivity contribution is 5.94. The first-order valence-corrected chi connectivity index (χ1v) is 5.68. The molecule has 0 aliphatic rings. The van der Waals surface area contributed by atoms with E-state index in [9.17, 15) is 4.79 Å². The van der Waals surface area contributed by atoms with E-state index >= 15 is 0 Å². The first-order chi connectivity index (χ1) is 8.79. The summed E-state index contributed by atoms with van der Waals surface area (Å²) < 4.78 is 1.90. The maximum atomic E-state index is 11.8. The van der Waals surface area contributed by atoms with Crippen LogP contribution in [0, 0.1) is 0 Å². The predicted octanol–water partition coefficient (Wildman–Crippen LogP) is 1.01. The number of imidazole rings is 1. The van der Waals surface area contributed by atoms with Gasteiger partial charge in [-0.3, -0.25) is 9.78 Å². The van der Waals surface area contributed by atoms with Crippen molar-refractivity contribution in [3.8, 4) is 0 Å². The predicted molar refractivity (Wildman–Crippen MR) is 81.2 cm³/mol. The molecule has 0 bridgehead atoms. The van der Waals surface area contributed by atoms with E-state index in [0.717, 1.165) is 0 Å². The smallest absolute Gasteiger partial charge is 0.251 e. The minimum atomic E-state index is -0.118. The number of carbonyl (C=O) groups excluding carboxylic acids is 1. The van der Waals surface area contributed by atoms with Crippen LogP contribution in [0.5, 0.6) is 0 Å². The van der Waals surface area contributed by atoms with E-state index in [1.807, 2.05) is 10.8 Å². The summed E-state index contributed by atoms with van der Waals surface area (Å²) in [6.45, 7) is 1.58. The number of carbonyl (C=O) groups is 1. The Labute approximate surface area is 129 Å². The number of hydrogen-bond donors (Lipinski definition) is 2. The van der Waals surface area contributed by atoms with Crippen molar-refractivity contribution in [1.29, 1.82) is 0 Å². The fourth-order valence-corrected chi connectivity index (χ4v) is 1.55. The van der Waals surface area contributed by atoms with Gasteiger partial charge in [0.15, 0.2) is 0 Å². The van der Waals surface area contributed by atoms with Gasteiger partial charge in [-0.25, -0.2) is 4.98 Å². The lowest BCUT2D eigenvalue weighted by atomic mass is 10.2. The van der Waals surface area contributed by atoms with Crippen LogP contribution in [-0.2, 0) is 13.1 Å². The highest BCUT2D eigenvalue weighted by Gasteiger charge is 2.05. The monoisotopic (exact) mass is 317 g/mol. The van der Waals surface area contributed by atoms with Crippen molar-refractivity contribution < 1.29 is 4.79 Å². The summed E-state index contributed by atoms with van der Waals surface area (Å²) in [7, 11) is 0. The third kappa shape index (κ3) is 5.16. The molecule has 3 N–H and O–H groups in total. The van der Waals surface area contributed by atoms with Gasteiger partial charge in [0.1, 0.15) is 0 Å². The lowest BCUT2D eigenvalue weighted by Crippen LogP contribution is -2.27. The molecule has 2 rings (SSSR count). The van der Waals surface area contributed by atoms with Gasteiger partial charge in [0, 0.05) is 43.8 Å². The molecule has 0 fully saturated rings. The number of rotatable bonds is 5. The molecule has 0 saturated carbocycles. The molecule has 0 aliphatic carbocycles. The lowest BCUT2D eigenvalue weighted by molar-refractivity contribution is 0.0952. The highest BCUT2D eigenvalue weighted by atomic mass is 35.5. The van der Waals surface area contributed by atoms with Gasteiger partial charge in [-0.1, -0.05) is 0 Å². The second-order valence-corrected chi connectivity index (χ2v) is 3.80. The summed E-state index contributed by atoms with van der Waals surface area (Å²) in [5.74, 6) is -0.118. The summed E-state index contributed by atoms with van der Waals surface area (Å²) in [5.41, 5.74) is 6.76. The number of pyridine rings is 1. The minimum absolute atomic E-state index is 0. The van der Waals surface area contributed by atoms with Crippen LogP contribution in [0.15, 0.2) is 37.1 Å². The zero-order chi connectivity index (χ0) is 12.8. The Kier molecular flexibility index (Phi) is 8.54. The van der Waals surface area contributed by atoms with E-state index in [2.05, 4.69) is 15.3 Å². The fourth-order valence-electron chi connectivity index (χ4n) is 1.55. The quantitative estimate of drug-likeness (QED) is 0.861. The van der Waals surface area contributed by atoms with E-state index in [1.54, 1.807) is 30.9 Å². The van der Waals surface area contributed by atoms with E-state index in [4.69, 9.17) is 5.73 Å².